The molecular formula is C13H16N2O4. The van der Waals surface area contributed by atoms with Gasteiger partial charge < -0.3 is 10.4 Å². The van der Waals surface area contributed by atoms with Gasteiger partial charge in [0.2, 0.25) is 5.91 Å². The Kier molecular flexibility index (Phi) is 3.99. The number of nitro groups is 1. The van der Waals surface area contributed by atoms with E-state index in [0.717, 1.165) is 25.7 Å². The first kappa shape index (κ1) is 13.3. The molecule has 0 unspecified atom stereocenters. The molecule has 0 aromatic heterocycles. The molecular weight excluding hydrogens is 248 g/mol. The van der Waals surface area contributed by atoms with Crippen LogP contribution in [-0.4, -0.2) is 15.9 Å². The fourth-order valence-electron chi connectivity index (χ4n) is 2.48. The van der Waals surface area contributed by atoms with E-state index in [1.807, 2.05) is 0 Å². The molecule has 0 bridgehead atoms. The fourth-order valence-corrected chi connectivity index (χ4v) is 2.48. The first-order valence-corrected chi connectivity index (χ1v) is 6.34. The standard InChI is InChI=1S/C13H16N2O4/c16-11-7-3-6-10(15(18)19)13(11)14-12(17)8-9-4-1-2-5-9/h3,6-7,9,16H,1-2,4-5,8H2,(H,14,17). The predicted octanol–water partition coefficient (Wildman–Crippen LogP) is 2.82. The monoisotopic (exact) mass is 264 g/mol. The third-order valence-electron chi connectivity index (χ3n) is 3.43. The molecule has 102 valence electrons. The lowest BCUT2D eigenvalue weighted by atomic mass is 10.0. The molecule has 1 fully saturated rings. The van der Waals surface area contributed by atoms with E-state index in [2.05, 4.69) is 5.32 Å². The lowest BCUT2D eigenvalue weighted by Gasteiger charge is -2.10. The van der Waals surface area contributed by atoms with Gasteiger partial charge in [-0.25, -0.2) is 0 Å². The summed E-state index contributed by atoms with van der Waals surface area (Å²) in [6.45, 7) is 0. The molecule has 0 spiro atoms. The minimum Gasteiger partial charge on any atom is -0.505 e. The van der Waals surface area contributed by atoms with Gasteiger partial charge in [-0.15, -0.1) is 0 Å². The minimum atomic E-state index is -0.620. The van der Waals surface area contributed by atoms with E-state index in [9.17, 15) is 20.0 Å². The predicted molar refractivity (Wildman–Crippen MR) is 70.0 cm³/mol. The van der Waals surface area contributed by atoms with Gasteiger partial charge >= 0.3 is 0 Å². The summed E-state index contributed by atoms with van der Waals surface area (Å²) in [5, 5.41) is 22.9. The van der Waals surface area contributed by atoms with Gasteiger partial charge in [0, 0.05) is 12.5 Å². The molecule has 1 aliphatic carbocycles. The van der Waals surface area contributed by atoms with Gasteiger partial charge in [0.05, 0.1) is 4.92 Å². The van der Waals surface area contributed by atoms with Crippen LogP contribution in [0.15, 0.2) is 18.2 Å². The summed E-state index contributed by atoms with van der Waals surface area (Å²) < 4.78 is 0. The van der Waals surface area contributed by atoms with Crippen molar-refractivity contribution < 1.29 is 14.8 Å². The number of nitrogens with one attached hydrogen (secondary N) is 1. The van der Waals surface area contributed by atoms with Gasteiger partial charge in [-0.1, -0.05) is 18.9 Å². The van der Waals surface area contributed by atoms with Crippen LogP contribution in [0.4, 0.5) is 11.4 Å². The van der Waals surface area contributed by atoms with Crippen LogP contribution in [-0.2, 0) is 4.79 Å². The molecule has 0 atom stereocenters. The number of benzene rings is 1. The zero-order valence-corrected chi connectivity index (χ0v) is 10.5. The maximum Gasteiger partial charge on any atom is 0.296 e. The second-order valence-corrected chi connectivity index (χ2v) is 4.83. The third-order valence-corrected chi connectivity index (χ3v) is 3.43. The number of hydrogen-bond donors (Lipinski definition) is 2. The van der Waals surface area contributed by atoms with Gasteiger partial charge in [0.25, 0.3) is 5.69 Å². The number of phenolic OH excluding ortho intramolecular Hbond substituents is 1. The molecule has 2 rings (SSSR count). The Labute approximate surface area is 110 Å². The van der Waals surface area contributed by atoms with E-state index in [4.69, 9.17) is 0 Å². The van der Waals surface area contributed by atoms with E-state index in [0.29, 0.717) is 12.3 Å². The Morgan fingerprint density at radius 2 is 2.11 bits per heavy atom. The maximum atomic E-state index is 11.9. The van der Waals surface area contributed by atoms with Crippen molar-refractivity contribution >= 4 is 17.3 Å². The van der Waals surface area contributed by atoms with Crippen molar-refractivity contribution in [1.29, 1.82) is 0 Å². The molecule has 19 heavy (non-hydrogen) atoms. The van der Waals surface area contributed by atoms with E-state index in [-0.39, 0.29) is 23.0 Å². The summed E-state index contributed by atoms with van der Waals surface area (Å²) >= 11 is 0. The van der Waals surface area contributed by atoms with E-state index in [1.54, 1.807) is 0 Å². The molecule has 1 aromatic carbocycles. The average molecular weight is 264 g/mol. The van der Waals surface area contributed by atoms with Gasteiger partial charge in [-0.05, 0) is 24.8 Å². The maximum absolute atomic E-state index is 11.9. The lowest BCUT2D eigenvalue weighted by molar-refractivity contribution is -0.384. The number of para-hydroxylation sites is 1. The van der Waals surface area contributed by atoms with Crippen LogP contribution in [0.3, 0.4) is 0 Å². The average Bonchev–Trinajstić information content (AvgIpc) is 2.84. The highest BCUT2D eigenvalue weighted by atomic mass is 16.6. The van der Waals surface area contributed by atoms with Crippen molar-refractivity contribution in [3.63, 3.8) is 0 Å². The highest BCUT2D eigenvalue weighted by molar-refractivity contribution is 5.95. The van der Waals surface area contributed by atoms with Gasteiger partial charge in [0.1, 0.15) is 5.75 Å². The van der Waals surface area contributed by atoms with Crippen LogP contribution in [0.5, 0.6) is 5.75 Å². The van der Waals surface area contributed by atoms with Crippen LogP contribution in [0.25, 0.3) is 0 Å². The zero-order chi connectivity index (χ0) is 13.8. The van der Waals surface area contributed by atoms with Crippen LogP contribution in [0.2, 0.25) is 0 Å². The SMILES string of the molecule is O=C(CC1CCCC1)Nc1c(O)cccc1[N+](=O)[O-]. The van der Waals surface area contributed by atoms with Crippen molar-refractivity contribution in [3.8, 4) is 5.75 Å². The summed E-state index contributed by atoms with van der Waals surface area (Å²) in [4.78, 5) is 22.1. The number of rotatable bonds is 4. The first-order chi connectivity index (χ1) is 9.08. The summed E-state index contributed by atoms with van der Waals surface area (Å²) in [6.07, 6.45) is 4.67. The molecule has 1 aliphatic rings. The van der Waals surface area contributed by atoms with Crippen LogP contribution < -0.4 is 5.32 Å². The number of hydrogen-bond acceptors (Lipinski definition) is 4. The van der Waals surface area contributed by atoms with Gasteiger partial charge in [-0.2, -0.15) is 0 Å². The van der Waals surface area contributed by atoms with Gasteiger partial charge in [-0.3, -0.25) is 14.9 Å². The number of amides is 1. The fraction of sp³-hybridized carbons (Fsp3) is 0.462. The summed E-state index contributed by atoms with van der Waals surface area (Å²) in [5.74, 6) is -0.213. The number of carbonyl (C=O) groups excluding carboxylic acids is 1. The second-order valence-electron chi connectivity index (χ2n) is 4.83. The molecule has 6 nitrogen and oxygen atoms in total. The Bertz CT molecular complexity index is 495. The van der Waals surface area contributed by atoms with Crippen molar-refractivity contribution in [2.45, 2.75) is 32.1 Å². The number of aromatic hydroxyl groups is 1. The number of phenols is 1. The molecule has 0 heterocycles. The summed E-state index contributed by atoms with van der Waals surface area (Å²) in [6, 6.07) is 3.95. The van der Waals surface area contributed by atoms with Crippen LogP contribution >= 0.6 is 0 Å². The van der Waals surface area contributed by atoms with Crippen molar-refractivity contribution in [3.05, 3.63) is 28.3 Å². The smallest absolute Gasteiger partial charge is 0.296 e. The molecule has 0 radical (unpaired) electrons. The Morgan fingerprint density at radius 3 is 2.74 bits per heavy atom. The third kappa shape index (κ3) is 3.21. The number of carbonyl (C=O) groups is 1. The molecule has 0 aliphatic heterocycles. The quantitative estimate of drug-likeness (QED) is 0.497. The summed E-state index contributed by atoms with van der Waals surface area (Å²) in [5.41, 5.74) is -0.407. The largest absolute Gasteiger partial charge is 0.505 e. The zero-order valence-electron chi connectivity index (χ0n) is 10.5. The van der Waals surface area contributed by atoms with Crippen LogP contribution in [0.1, 0.15) is 32.1 Å². The first-order valence-electron chi connectivity index (χ1n) is 6.34. The molecule has 0 saturated heterocycles. The molecule has 1 aromatic rings. The minimum absolute atomic E-state index is 0.115. The van der Waals surface area contributed by atoms with Crippen molar-refractivity contribution in [2.75, 3.05) is 5.32 Å². The summed E-state index contributed by atoms with van der Waals surface area (Å²) in [7, 11) is 0. The normalized spacial score (nSPS) is 15.4. The topological polar surface area (TPSA) is 92.5 Å². The number of anilines is 1. The molecule has 6 heteroatoms. The Hall–Kier alpha value is -2.11. The van der Waals surface area contributed by atoms with Gasteiger partial charge in [0.15, 0.2) is 5.69 Å². The highest BCUT2D eigenvalue weighted by Crippen LogP contribution is 2.34. The van der Waals surface area contributed by atoms with E-state index >= 15 is 0 Å². The molecule has 1 amide bonds. The number of nitro benzene ring substituents is 1. The second kappa shape index (κ2) is 5.69. The Balaban J connectivity index is 2.09. The van der Waals surface area contributed by atoms with E-state index in [1.165, 1.54) is 18.2 Å². The molecule has 1 saturated carbocycles. The Morgan fingerprint density at radius 1 is 1.42 bits per heavy atom. The van der Waals surface area contributed by atoms with E-state index < -0.39 is 4.92 Å². The highest BCUT2D eigenvalue weighted by Gasteiger charge is 2.22. The molecule has 2 N–H and O–H groups in total. The lowest BCUT2D eigenvalue weighted by Crippen LogP contribution is -2.16. The van der Waals surface area contributed by atoms with Crippen LogP contribution in [0, 0.1) is 16.0 Å². The van der Waals surface area contributed by atoms with Crippen molar-refractivity contribution in [1.82, 2.24) is 0 Å². The number of nitrogens with zero attached hydrogens (tertiary/aromatic N) is 1. The van der Waals surface area contributed by atoms with Crippen molar-refractivity contribution in [2.24, 2.45) is 5.92 Å².